The molecule has 174 valence electrons. The second-order valence-corrected chi connectivity index (χ2v) is 10.3. The van der Waals surface area contributed by atoms with Gasteiger partial charge in [-0.1, -0.05) is 13.0 Å². The summed E-state index contributed by atoms with van der Waals surface area (Å²) in [6.07, 6.45) is 0.948. The van der Waals surface area contributed by atoms with Crippen LogP contribution in [0.4, 0.5) is 15.8 Å². The zero-order chi connectivity index (χ0) is 23.0. The van der Waals surface area contributed by atoms with E-state index in [0.717, 1.165) is 35.9 Å². The largest absolute Gasteiger partial charge is 0.755 e. The number of halogens is 1. The van der Waals surface area contributed by atoms with E-state index in [4.69, 9.17) is 4.74 Å². The van der Waals surface area contributed by atoms with Crippen LogP contribution in [0.2, 0.25) is 0 Å². The Hall–Kier alpha value is -2.49. The lowest BCUT2D eigenvalue weighted by Crippen LogP contribution is -2.26. The van der Waals surface area contributed by atoms with Gasteiger partial charge >= 0.3 is 5.97 Å². The Morgan fingerprint density at radius 1 is 1.24 bits per heavy atom. The van der Waals surface area contributed by atoms with Crippen molar-refractivity contribution in [3.63, 3.8) is 0 Å². The van der Waals surface area contributed by atoms with Gasteiger partial charge in [-0.25, -0.2) is 9.18 Å². The number of nitrogens with zero attached hydrogens (tertiary/aromatic N) is 2. The van der Waals surface area contributed by atoms with E-state index in [1.807, 2.05) is 0 Å². The molecule has 0 spiro atoms. The number of ether oxygens (including phenoxy) is 1. The predicted molar refractivity (Wildman–Crippen MR) is 119 cm³/mol. The van der Waals surface area contributed by atoms with Crippen molar-refractivity contribution in [3.8, 4) is 5.75 Å². The van der Waals surface area contributed by atoms with Crippen molar-refractivity contribution in [3.05, 3.63) is 52.8 Å². The molecule has 2 saturated carbocycles. The topological polar surface area (TPSA) is 93.1 Å². The van der Waals surface area contributed by atoms with Crippen LogP contribution < -0.4 is 9.04 Å². The molecule has 2 aromatic rings. The number of carbonyl (C=O) groups is 1. The van der Waals surface area contributed by atoms with Crippen LogP contribution >= 0.6 is 0 Å². The molecule has 5 atom stereocenters. The number of hydrogen-bond donors (Lipinski definition) is 1. The standard InChI is InChI=1S/C24H25FN2O5S/c1-2-26-9-17-18(10-26)21(17)16-8-13(25)3-5-19(16)27(33(30)31)20-6-4-14-15-7-12(15)11-32-23(14)22(20)24(28)29/h3-6,8,12,15,17-18,21H,2,7,9-11H2,1H3,(H,28,29)(H,30,31)/p-1/t12-,15-,17?,18?,21?/m0/s1. The lowest BCUT2D eigenvalue weighted by Gasteiger charge is -2.32. The molecule has 2 aromatic carbocycles. The van der Waals surface area contributed by atoms with Gasteiger partial charge in [0, 0.05) is 19.0 Å². The molecule has 3 unspecified atom stereocenters. The summed E-state index contributed by atoms with van der Waals surface area (Å²) >= 11 is -2.82. The molecular weight excluding hydrogens is 447 g/mol. The summed E-state index contributed by atoms with van der Waals surface area (Å²) in [5.74, 6) is -0.0124. The van der Waals surface area contributed by atoms with Crippen LogP contribution in [-0.2, 0) is 11.3 Å². The third-order valence-electron chi connectivity index (χ3n) is 7.80. The second-order valence-electron chi connectivity index (χ2n) is 9.52. The number of likely N-dealkylation sites (tertiary alicyclic amines) is 1. The lowest BCUT2D eigenvalue weighted by molar-refractivity contribution is 0.0692. The quantitative estimate of drug-likeness (QED) is 0.647. The number of carboxylic acid groups (broad SMARTS) is 1. The van der Waals surface area contributed by atoms with E-state index in [1.54, 1.807) is 12.1 Å². The molecule has 1 saturated heterocycles. The molecule has 6 rings (SSSR count). The number of aromatic carboxylic acids is 1. The van der Waals surface area contributed by atoms with Crippen molar-refractivity contribution in [2.75, 3.05) is 30.5 Å². The van der Waals surface area contributed by atoms with Gasteiger partial charge in [-0.2, -0.15) is 0 Å². The lowest BCUT2D eigenvalue weighted by atomic mass is 9.99. The van der Waals surface area contributed by atoms with Gasteiger partial charge < -0.3 is 19.3 Å². The summed E-state index contributed by atoms with van der Waals surface area (Å²) in [6.45, 7) is 5.29. The maximum Gasteiger partial charge on any atom is 0.341 e. The molecule has 3 fully saturated rings. The highest BCUT2D eigenvalue weighted by molar-refractivity contribution is 7.81. The molecule has 1 N–H and O–H groups in total. The number of fused-ring (bicyclic) bond motifs is 4. The molecule has 2 aliphatic heterocycles. The van der Waals surface area contributed by atoms with Crippen LogP contribution in [0.5, 0.6) is 5.75 Å². The number of piperidine rings is 1. The number of benzene rings is 2. The van der Waals surface area contributed by atoms with E-state index in [1.165, 1.54) is 18.2 Å². The Labute approximate surface area is 193 Å². The normalized spacial score (nSPS) is 30.0. The van der Waals surface area contributed by atoms with Crippen LogP contribution in [0.1, 0.15) is 46.7 Å². The molecule has 0 amide bonds. The number of rotatable bonds is 6. The number of carboxylic acids is 1. The van der Waals surface area contributed by atoms with Crippen molar-refractivity contribution in [1.29, 1.82) is 0 Å². The fourth-order valence-corrected chi connectivity index (χ4v) is 6.66. The average molecular weight is 472 g/mol. The van der Waals surface area contributed by atoms with Gasteiger partial charge in [-0.15, -0.1) is 0 Å². The van der Waals surface area contributed by atoms with Gasteiger partial charge in [-0.3, -0.25) is 8.51 Å². The van der Waals surface area contributed by atoms with E-state index >= 15 is 0 Å². The van der Waals surface area contributed by atoms with Crippen molar-refractivity contribution in [2.24, 2.45) is 17.8 Å². The molecule has 0 aromatic heterocycles. The Kier molecular flexibility index (Phi) is 4.80. The minimum absolute atomic E-state index is 0.0162. The Bertz CT molecular complexity index is 1180. The van der Waals surface area contributed by atoms with Crippen molar-refractivity contribution in [2.45, 2.75) is 25.2 Å². The van der Waals surface area contributed by atoms with Crippen LogP contribution in [0, 0.1) is 23.6 Å². The van der Waals surface area contributed by atoms with E-state index < -0.39 is 23.1 Å². The second kappa shape index (κ2) is 7.51. The minimum Gasteiger partial charge on any atom is -0.755 e. The predicted octanol–water partition coefficient (Wildman–Crippen LogP) is 3.62. The van der Waals surface area contributed by atoms with Crippen LogP contribution in [0.15, 0.2) is 30.3 Å². The first-order valence-corrected chi connectivity index (χ1v) is 12.4. The van der Waals surface area contributed by atoms with Gasteiger partial charge in [0.1, 0.15) is 17.1 Å². The molecule has 9 heteroatoms. The summed E-state index contributed by atoms with van der Waals surface area (Å²) < 4.78 is 46.2. The van der Waals surface area contributed by atoms with E-state index in [2.05, 4.69) is 11.8 Å². The van der Waals surface area contributed by atoms with Crippen LogP contribution in [0.25, 0.3) is 0 Å². The first-order valence-electron chi connectivity index (χ1n) is 11.3. The molecule has 2 heterocycles. The Morgan fingerprint density at radius 3 is 2.64 bits per heavy atom. The molecule has 7 nitrogen and oxygen atoms in total. The molecule has 0 bridgehead atoms. The highest BCUT2D eigenvalue weighted by Crippen LogP contribution is 2.61. The highest BCUT2D eigenvalue weighted by Gasteiger charge is 2.56. The van der Waals surface area contributed by atoms with Gasteiger partial charge in [0.2, 0.25) is 0 Å². The molecule has 33 heavy (non-hydrogen) atoms. The highest BCUT2D eigenvalue weighted by atomic mass is 32.2. The SMILES string of the molecule is CCN1CC2C(C1)C2c1cc(F)ccc1N(c1ccc2c(c1C(=O)O)OC[C@@H]1C[C@H]21)S(=O)[O-]. The van der Waals surface area contributed by atoms with Crippen LogP contribution in [0.3, 0.4) is 0 Å². The molecular formula is C24H24FN2O5S-. The summed E-state index contributed by atoms with van der Waals surface area (Å²) in [6, 6.07) is 7.38. The summed E-state index contributed by atoms with van der Waals surface area (Å²) in [7, 11) is 0. The molecule has 4 aliphatic rings. The third kappa shape index (κ3) is 3.28. The summed E-state index contributed by atoms with van der Waals surface area (Å²) in [5.41, 5.74) is 1.59. The zero-order valence-corrected chi connectivity index (χ0v) is 18.9. The maximum absolute atomic E-state index is 14.3. The zero-order valence-electron chi connectivity index (χ0n) is 18.1. The van der Waals surface area contributed by atoms with Gasteiger partial charge in [0.25, 0.3) is 0 Å². The monoisotopic (exact) mass is 471 g/mol. The Morgan fingerprint density at radius 2 is 1.97 bits per heavy atom. The smallest absolute Gasteiger partial charge is 0.341 e. The number of anilines is 2. The van der Waals surface area contributed by atoms with Crippen molar-refractivity contribution < 1.29 is 27.8 Å². The first-order chi connectivity index (χ1) is 15.9. The first kappa shape index (κ1) is 21.1. The van der Waals surface area contributed by atoms with Crippen LogP contribution in [-0.4, -0.2) is 51.0 Å². The van der Waals surface area contributed by atoms with Gasteiger partial charge in [0.05, 0.1) is 29.2 Å². The fourth-order valence-electron chi connectivity index (χ4n) is 6.02. The maximum atomic E-state index is 14.3. The van der Waals surface area contributed by atoms with E-state index in [-0.39, 0.29) is 28.8 Å². The average Bonchev–Trinajstić information content (AvgIpc) is 3.67. The van der Waals surface area contributed by atoms with Gasteiger partial charge in [-0.05, 0) is 72.0 Å². The van der Waals surface area contributed by atoms with Gasteiger partial charge in [0.15, 0.2) is 0 Å². The summed E-state index contributed by atoms with van der Waals surface area (Å²) in [4.78, 5) is 14.6. The van der Waals surface area contributed by atoms with Crippen molar-refractivity contribution in [1.82, 2.24) is 4.90 Å². The minimum atomic E-state index is -2.82. The van der Waals surface area contributed by atoms with E-state index in [9.17, 15) is 23.1 Å². The fraction of sp³-hybridized carbons (Fsp3) is 0.458. The van der Waals surface area contributed by atoms with E-state index in [0.29, 0.717) is 35.6 Å². The van der Waals surface area contributed by atoms with Crippen molar-refractivity contribution >= 4 is 28.6 Å². The molecule has 0 radical (unpaired) electrons. The summed E-state index contributed by atoms with van der Waals surface area (Å²) in [5, 5.41) is 10.0. The third-order valence-corrected chi connectivity index (χ3v) is 8.49. The Balaban J connectivity index is 1.46. The molecule has 2 aliphatic carbocycles. The number of hydrogen-bond acceptors (Lipinski definition) is 5.